The Labute approximate surface area is 96.3 Å². The van der Waals surface area contributed by atoms with Gasteiger partial charge in [0.1, 0.15) is 5.78 Å². The van der Waals surface area contributed by atoms with Gasteiger partial charge in [-0.3, -0.25) is 4.79 Å². The Bertz CT molecular complexity index is 426. The predicted octanol–water partition coefficient (Wildman–Crippen LogP) is 2.42. The number of fused-ring (bicyclic) bond motifs is 3. The smallest absolute Gasteiger partial charge is 0.136 e. The van der Waals surface area contributed by atoms with Crippen LogP contribution < -0.4 is 4.90 Å². The Kier molecular flexibility index (Phi) is 2.23. The molecule has 2 heteroatoms. The van der Waals surface area contributed by atoms with Crippen LogP contribution >= 0.6 is 0 Å². The average Bonchev–Trinajstić information content (AvgIpc) is 2.29. The number of nitrogens with zero attached hydrogens (tertiary/aromatic N) is 1. The molecule has 0 N–H and O–H groups in total. The molecule has 84 valence electrons. The highest BCUT2D eigenvalue weighted by atomic mass is 16.1. The number of Topliss-reactive ketones (excluding diaryl/α,β-unsaturated/α-hetero) is 1. The summed E-state index contributed by atoms with van der Waals surface area (Å²) in [5, 5.41) is 0. The van der Waals surface area contributed by atoms with Crippen LogP contribution in [0.5, 0.6) is 0 Å². The first-order valence-electron chi connectivity index (χ1n) is 6.12. The standard InChI is InChI=1S/C14H17NO/c1-10-8-11-4-2-3-5-13(11)15-7-6-12(16)9-14(10)15/h2-5,10,14H,6-9H2,1H3. The largest absolute Gasteiger partial charge is 0.367 e. The van der Waals surface area contributed by atoms with Crippen molar-refractivity contribution in [3.63, 3.8) is 0 Å². The first kappa shape index (κ1) is 9.88. The van der Waals surface area contributed by atoms with Crippen molar-refractivity contribution in [2.45, 2.75) is 32.2 Å². The molecule has 0 bridgehead atoms. The zero-order valence-electron chi connectivity index (χ0n) is 9.65. The van der Waals surface area contributed by atoms with Crippen molar-refractivity contribution in [2.75, 3.05) is 11.4 Å². The molecule has 0 radical (unpaired) electrons. The molecule has 2 aliphatic rings. The van der Waals surface area contributed by atoms with E-state index in [4.69, 9.17) is 0 Å². The molecule has 0 saturated carbocycles. The molecule has 16 heavy (non-hydrogen) atoms. The van der Waals surface area contributed by atoms with Gasteiger partial charge in [-0.1, -0.05) is 25.1 Å². The van der Waals surface area contributed by atoms with Crippen LogP contribution in [-0.4, -0.2) is 18.4 Å². The number of ketones is 1. The van der Waals surface area contributed by atoms with Gasteiger partial charge in [0.15, 0.2) is 0 Å². The molecule has 1 aromatic rings. The maximum atomic E-state index is 11.5. The van der Waals surface area contributed by atoms with E-state index in [0.717, 1.165) is 25.8 Å². The van der Waals surface area contributed by atoms with E-state index >= 15 is 0 Å². The Balaban J connectivity index is 2.01. The van der Waals surface area contributed by atoms with E-state index in [9.17, 15) is 4.79 Å². The van der Waals surface area contributed by atoms with Crippen LogP contribution in [0.4, 0.5) is 5.69 Å². The van der Waals surface area contributed by atoms with Gasteiger partial charge in [0.25, 0.3) is 0 Å². The normalized spacial score (nSPS) is 28.6. The summed E-state index contributed by atoms with van der Waals surface area (Å²) in [7, 11) is 0. The van der Waals surface area contributed by atoms with E-state index in [1.807, 2.05) is 0 Å². The minimum absolute atomic E-state index is 0.437. The lowest BCUT2D eigenvalue weighted by atomic mass is 9.82. The molecule has 0 aromatic heterocycles. The lowest BCUT2D eigenvalue weighted by Gasteiger charge is -2.45. The maximum absolute atomic E-state index is 11.5. The molecule has 1 fully saturated rings. The van der Waals surface area contributed by atoms with Crippen LogP contribution in [0.1, 0.15) is 25.3 Å². The second-order valence-corrected chi connectivity index (χ2v) is 5.06. The number of piperidine rings is 1. The zero-order chi connectivity index (χ0) is 11.1. The Hall–Kier alpha value is -1.31. The zero-order valence-corrected chi connectivity index (χ0v) is 9.65. The number of para-hydroxylation sites is 1. The molecular formula is C14H17NO. The quantitative estimate of drug-likeness (QED) is 0.662. The van der Waals surface area contributed by atoms with Crippen molar-refractivity contribution in [2.24, 2.45) is 5.92 Å². The minimum Gasteiger partial charge on any atom is -0.367 e. The van der Waals surface area contributed by atoms with Gasteiger partial charge in [0.05, 0.1) is 0 Å². The molecule has 0 amide bonds. The first-order valence-corrected chi connectivity index (χ1v) is 6.12. The minimum atomic E-state index is 0.437. The second-order valence-electron chi connectivity index (χ2n) is 5.06. The van der Waals surface area contributed by atoms with Crippen LogP contribution in [0.15, 0.2) is 24.3 Å². The second kappa shape index (κ2) is 3.62. The number of rotatable bonds is 0. The van der Waals surface area contributed by atoms with Crippen LogP contribution in [0.2, 0.25) is 0 Å². The number of carbonyl (C=O) groups excluding carboxylic acids is 1. The SMILES string of the molecule is CC1Cc2ccccc2N2CCC(=O)CC12. The van der Waals surface area contributed by atoms with E-state index in [1.54, 1.807) is 0 Å². The molecule has 2 unspecified atom stereocenters. The van der Waals surface area contributed by atoms with Crippen molar-refractivity contribution in [3.8, 4) is 0 Å². The molecule has 0 aliphatic carbocycles. The third kappa shape index (κ3) is 1.44. The van der Waals surface area contributed by atoms with E-state index in [2.05, 4.69) is 36.1 Å². The van der Waals surface area contributed by atoms with Gasteiger partial charge in [-0.2, -0.15) is 0 Å². The van der Waals surface area contributed by atoms with Gasteiger partial charge in [-0.05, 0) is 24.0 Å². The summed E-state index contributed by atoms with van der Waals surface area (Å²) >= 11 is 0. The van der Waals surface area contributed by atoms with Crippen molar-refractivity contribution in [1.82, 2.24) is 0 Å². The van der Waals surface area contributed by atoms with Gasteiger partial charge in [-0.25, -0.2) is 0 Å². The fourth-order valence-electron chi connectivity index (χ4n) is 3.11. The number of anilines is 1. The fourth-order valence-corrected chi connectivity index (χ4v) is 3.11. The lowest BCUT2D eigenvalue weighted by Crippen LogP contribution is -2.49. The topological polar surface area (TPSA) is 20.3 Å². The highest BCUT2D eigenvalue weighted by Crippen LogP contribution is 2.37. The number of hydrogen-bond donors (Lipinski definition) is 0. The Morgan fingerprint density at radius 2 is 2.06 bits per heavy atom. The molecule has 2 heterocycles. The summed E-state index contributed by atoms with van der Waals surface area (Å²) in [5.41, 5.74) is 2.80. The fraction of sp³-hybridized carbons (Fsp3) is 0.500. The highest BCUT2D eigenvalue weighted by Gasteiger charge is 2.35. The third-order valence-electron chi connectivity index (χ3n) is 3.97. The van der Waals surface area contributed by atoms with Crippen molar-refractivity contribution in [3.05, 3.63) is 29.8 Å². The molecule has 2 nitrogen and oxygen atoms in total. The van der Waals surface area contributed by atoms with Crippen molar-refractivity contribution >= 4 is 11.5 Å². The van der Waals surface area contributed by atoms with Crippen LogP contribution in [0.25, 0.3) is 0 Å². The summed E-state index contributed by atoms with van der Waals surface area (Å²) in [6.07, 6.45) is 2.58. The van der Waals surface area contributed by atoms with Crippen LogP contribution in [0, 0.1) is 5.92 Å². The summed E-state index contributed by atoms with van der Waals surface area (Å²) in [4.78, 5) is 14.0. The van der Waals surface area contributed by atoms with Gasteiger partial charge >= 0.3 is 0 Å². The predicted molar refractivity (Wildman–Crippen MR) is 64.7 cm³/mol. The molecule has 2 atom stereocenters. The molecule has 1 aromatic carbocycles. The average molecular weight is 215 g/mol. The number of benzene rings is 1. The molecular weight excluding hydrogens is 198 g/mol. The van der Waals surface area contributed by atoms with E-state index < -0.39 is 0 Å². The van der Waals surface area contributed by atoms with E-state index in [1.165, 1.54) is 11.3 Å². The first-order chi connectivity index (χ1) is 7.75. The Morgan fingerprint density at radius 3 is 2.94 bits per heavy atom. The lowest BCUT2D eigenvalue weighted by molar-refractivity contribution is -0.120. The third-order valence-corrected chi connectivity index (χ3v) is 3.97. The van der Waals surface area contributed by atoms with Crippen molar-refractivity contribution < 1.29 is 4.79 Å². The summed E-state index contributed by atoms with van der Waals surface area (Å²) in [6.45, 7) is 3.18. The van der Waals surface area contributed by atoms with E-state index in [0.29, 0.717) is 17.7 Å². The highest BCUT2D eigenvalue weighted by molar-refractivity contribution is 5.82. The summed E-state index contributed by atoms with van der Waals surface area (Å²) in [6, 6.07) is 9.07. The summed E-state index contributed by atoms with van der Waals surface area (Å²) < 4.78 is 0. The van der Waals surface area contributed by atoms with Crippen LogP contribution in [0.3, 0.4) is 0 Å². The van der Waals surface area contributed by atoms with Crippen LogP contribution in [-0.2, 0) is 11.2 Å². The number of carbonyl (C=O) groups is 1. The maximum Gasteiger partial charge on any atom is 0.136 e. The van der Waals surface area contributed by atoms with Gasteiger partial charge in [0, 0.05) is 31.1 Å². The monoisotopic (exact) mass is 215 g/mol. The molecule has 3 rings (SSSR count). The number of hydrogen-bond acceptors (Lipinski definition) is 2. The molecule has 2 aliphatic heterocycles. The van der Waals surface area contributed by atoms with Gasteiger partial charge < -0.3 is 4.90 Å². The van der Waals surface area contributed by atoms with Gasteiger partial charge in [0.2, 0.25) is 0 Å². The molecule has 0 spiro atoms. The van der Waals surface area contributed by atoms with Crippen molar-refractivity contribution in [1.29, 1.82) is 0 Å². The van der Waals surface area contributed by atoms with Gasteiger partial charge in [-0.15, -0.1) is 0 Å². The molecule has 1 saturated heterocycles. The summed E-state index contributed by atoms with van der Waals surface area (Å²) in [5.74, 6) is 1.03. The van der Waals surface area contributed by atoms with E-state index in [-0.39, 0.29) is 0 Å². The Morgan fingerprint density at radius 1 is 1.25 bits per heavy atom.